The molecule has 2 aliphatic heterocycles. The van der Waals surface area contributed by atoms with E-state index in [4.69, 9.17) is 0 Å². The zero-order valence-electron chi connectivity index (χ0n) is 43.9. The SMILES string of the molecule is CCCC[Si]1(CCCC)c2cc(-c3cc4c(s3)-c3s[c]([Sn]([CH3])([CH3])[CH3])cc3[Si](CCCC)(CCCC)[Si]4(CCCC)CCCC)sc2-c2s[c]([Sn]([CH3])([CH3])[CH3])cc2[Si]1(CCCC)CCCC. The van der Waals surface area contributed by atoms with Crippen molar-refractivity contribution in [2.45, 2.75) is 236 Å². The Balaban J connectivity index is 1.72. The standard InChI is InChI=1S/C48H76S4Si4.6CH3.2Sn/c1-9-17-29-53(30-18-10-2)41-25-27-49-45(41)47-43(55(53,33-21-13-5)34-22-14-6)37-39(51-47)40-38-44-48(52-40)46-42(26-28-50-46)54(31-19-11-3,32-20-12-4)56(44,35-23-15-7)36-24-16-8;;;;;;;;/h25-26,37-38H,9-24,29-36H2,1-8H3;6*1H3;;. The molecule has 0 spiro atoms. The zero-order valence-corrected chi connectivity index (χ0v) is 56.9. The van der Waals surface area contributed by atoms with Crippen LogP contribution >= 0.6 is 45.3 Å². The van der Waals surface area contributed by atoms with Gasteiger partial charge in [0.2, 0.25) is 0 Å². The van der Waals surface area contributed by atoms with Gasteiger partial charge in [0.05, 0.1) is 0 Å². The monoisotopic (exact) mass is 1220 g/mol. The van der Waals surface area contributed by atoms with Crippen molar-refractivity contribution in [3.05, 3.63) is 24.3 Å². The fraction of sp³-hybridized carbons (Fsp3) is 0.704. The molecule has 358 valence electrons. The van der Waals surface area contributed by atoms with Gasteiger partial charge in [0, 0.05) is 0 Å². The van der Waals surface area contributed by atoms with Gasteiger partial charge >= 0.3 is 429 Å². The van der Waals surface area contributed by atoms with E-state index < -0.39 is 67.1 Å². The van der Waals surface area contributed by atoms with E-state index in [0.29, 0.717) is 0 Å². The van der Waals surface area contributed by atoms with Crippen LogP contribution in [0.4, 0.5) is 0 Å². The summed E-state index contributed by atoms with van der Waals surface area (Å²) in [4.78, 5) is 27.0. The van der Waals surface area contributed by atoms with E-state index >= 15 is 0 Å². The molecular weight excluding hydrogens is 1130 g/mol. The Hall–Kier alpha value is 1.26. The predicted octanol–water partition coefficient (Wildman–Crippen LogP) is 17.2. The molecule has 64 heavy (non-hydrogen) atoms. The predicted molar refractivity (Wildman–Crippen MR) is 319 cm³/mol. The third kappa shape index (κ3) is 10.2. The minimum atomic E-state index is -2.36. The van der Waals surface area contributed by atoms with Crippen LogP contribution in [0.25, 0.3) is 29.3 Å². The fourth-order valence-corrected chi connectivity index (χ4v) is 78.6. The van der Waals surface area contributed by atoms with Crippen molar-refractivity contribution in [1.82, 2.24) is 0 Å². The normalized spacial score (nSPS) is 17.0. The van der Waals surface area contributed by atoms with Gasteiger partial charge in [-0.15, -0.1) is 0 Å². The molecule has 0 radical (unpaired) electrons. The maximum absolute atomic E-state index is 3.02. The molecule has 4 aromatic heterocycles. The number of hydrogen-bond donors (Lipinski definition) is 0. The van der Waals surface area contributed by atoms with E-state index in [1.54, 1.807) is 58.1 Å². The number of hydrogen-bond acceptors (Lipinski definition) is 4. The molecule has 6 rings (SSSR count). The van der Waals surface area contributed by atoms with Gasteiger partial charge in [0.1, 0.15) is 0 Å². The number of fused-ring (bicyclic) bond motifs is 6. The summed E-state index contributed by atoms with van der Waals surface area (Å²) < 4.78 is 3.75. The first-order valence-corrected chi connectivity index (χ1v) is 62.1. The van der Waals surface area contributed by atoms with Crippen molar-refractivity contribution >= 4 is 139 Å². The average Bonchev–Trinajstić information content (AvgIpc) is 4.09. The van der Waals surface area contributed by atoms with Gasteiger partial charge in [-0.1, -0.05) is 0 Å². The van der Waals surface area contributed by atoms with Crippen molar-refractivity contribution in [1.29, 1.82) is 0 Å². The first kappa shape index (κ1) is 54.6. The molecule has 4 aromatic rings. The number of unbranched alkanes of at least 4 members (excludes halogenated alkanes) is 8. The minimum absolute atomic E-state index is 1.35. The van der Waals surface area contributed by atoms with E-state index in [0.717, 1.165) is 0 Å². The van der Waals surface area contributed by atoms with Crippen LogP contribution in [-0.4, -0.2) is 67.1 Å². The molecule has 2 aliphatic rings. The molecule has 0 bridgehead atoms. The Kier molecular flexibility index (Phi) is 19.8. The maximum atomic E-state index is 3.02. The summed E-state index contributed by atoms with van der Waals surface area (Å²) in [7, 11) is -7.51. The first-order chi connectivity index (χ1) is 30.6. The Labute approximate surface area is 423 Å². The van der Waals surface area contributed by atoms with Crippen LogP contribution in [0.5, 0.6) is 0 Å². The van der Waals surface area contributed by atoms with Gasteiger partial charge in [0.15, 0.2) is 0 Å². The average molecular weight is 1220 g/mol. The second kappa shape index (κ2) is 23.2. The molecular formula is C54H94S4Si4Sn2. The van der Waals surface area contributed by atoms with Crippen LogP contribution < -0.4 is 26.5 Å². The van der Waals surface area contributed by atoms with E-state index in [2.05, 4.69) is 155 Å². The third-order valence-electron chi connectivity index (χ3n) is 16.6. The van der Waals surface area contributed by atoms with E-state index in [1.807, 2.05) is 46.0 Å². The summed E-state index contributed by atoms with van der Waals surface area (Å²) in [6.45, 7) is 20.1. The molecule has 0 atom stereocenters. The molecule has 0 amide bonds. The molecule has 10 heteroatoms. The van der Waals surface area contributed by atoms with Gasteiger partial charge in [-0.25, -0.2) is 0 Å². The van der Waals surface area contributed by atoms with Gasteiger partial charge in [-0.3, -0.25) is 0 Å². The fourth-order valence-electron chi connectivity index (χ4n) is 13.0. The molecule has 0 nitrogen and oxygen atoms in total. The Bertz CT molecular complexity index is 1930. The molecule has 0 N–H and O–H groups in total. The van der Waals surface area contributed by atoms with Crippen LogP contribution in [0.3, 0.4) is 0 Å². The van der Waals surface area contributed by atoms with Crippen LogP contribution in [0, 0.1) is 0 Å². The van der Waals surface area contributed by atoms with E-state index in [1.165, 1.54) is 103 Å². The molecule has 0 fully saturated rings. The van der Waals surface area contributed by atoms with Crippen molar-refractivity contribution in [3.8, 4) is 29.3 Å². The quantitative estimate of drug-likeness (QED) is 0.0522. The molecule has 0 aromatic carbocycles. The Morgan fingerprint density at radius 2 is 0.516 bits per heavy atom. The summed E-state index contributed by atoms with van der Waals surface area (Å²) in [6.07, 6.45) is 22.4. The zero-order chi connectivity index (χ0) is 46.6. The topological polar surface area (TPSA) is 0 Å². The van der Waals surface area contributed by atoms with Crippen LogP contribution in [-0.2, 0) is 0 Å². The summed E-state index contributed by atoms with van der Waals surface area (Å²) in [5.74, 6) is 0. The third-order valence-corrected chi connectivity index (χ3v) is 80.5. The molecule has 0 unspecified atom stereocenters. The van der Waals surface area contributed by atoms with Gasteiger partial charge < -0.3 is 0 Å². The van der Waals surface area contributed by atoms with Crippen LogP contribution in [0.15, 0.2) is 24.3 Å². The Morgan fingerprint density at radius 1 is 0.312 bits per heavy atom. The van der Waals surface area contributed by atoms with Crippen molar-refractivity contribution in [2.24, 2.45) is 0 Å². The number of thiophene rings is 4. The molecule has 0 saturated heterocycles. The van der Waals surface area contributed by atoms with Crippen LogP contribution in [0.1, 0.15) is 158 Å². The van der Waals surface area contributed by atoms with Gasteiger partial charge in [-0.2, -0.15) is 0 Å². The molecule has 0 aliphatic carbocycles. The molecule has 0 saturated carbocycles. The van der Waals surface area contributed by atoms with E-state index in [-0.39, 0.29) is 0 Å². The summed E-state index contributed by atoms with van der Waals surface area (Å²) >= 11 is 4.65. The number of rotatable bonds is 27. The van der Waals surface area contributed by atoms with Gasteiger partial charge in [0.25, 0.3) is 0 Å². The summed E-state index contributed by atoms with van der Waals surface area (Å²) in [6, 6.07) is 24.5. The first-order valence-electron chi connectivity index (χ1n) is 27.2. The van der Waals surface area contributed by atoms with Crippen molar-refractivity contribution in [2.75, 3.05) is 0 Å². The van der Waals surface area contributed by atoms with Gasteiger partial charge in [-0.05, 0) is 0 Å². The summed E-state index contributed by atoms with van der Waals surface area (Å²) in [5.41, 5.74) is 0. The Morgan fingerprint density at radius 3 is 0.719 bits per heavy atom. The second-order valence-electron chi connectivity index (χ2n) is 23.1. The van der Waals surface area contributed by atoms with Crippen molar-refractivity contribution < 1.29 is 0 Å². The van der Waals surface area contributed by atoms with Crippen molar-refractivity contribution in [3.63, 3.8) is 0 Å². The molecule has 6 heterocycles. The second-order valence-corrected chi connectivity index (χ2v) is 84.4. The van der Waals surface area contributed by atoms with E-state index in [9.17, 15) is 0 Å². The van der Waals surface area contributed by atoms with Crippen LogP contribution in [0.2, 0.25) is 78.0 Å². The summed E-state index contributed by atoms with van der Waals surface area (Å²) in [5, 5.41) is 8.09.